The fraction of sp³-hybridized carbons (Fsp3) is 0. The van der Waals surface area contributed by atoms with Gasteiger partial charge >= 0.3 is 36.8 Å². The quantitative estimate of drug-likeness (QED) is 0.247. The molecular formula is H2AlO5SZn+3. The zero-order valence-corrected chi connectivity index (χ0v) is 8.76. The van der Waals surface area contributed by atoms with Crippen molar-refractivity contribution >= 4 is 27.8 Å². The molecule has 40 valence electrons. The van der Waals surface area contributed by atoms with Crippen LogP contribution in [0.2, 0.25) is 0 Å². The molecule has 0 aliphatic rings. The Hall–Kier alpha value is 0.986. The van der Waals surface area contributed by atoms with Crippen LogP contribution in [0.3, 0.4) is 0 Å². The van der Waals surface area contributed by atoms with Gasteiger partial charge in [0.1, 0.15) is 0 Å². The van der Waals surface area contributed by atoms with Gasteiger partial charge in [0.2, 0.25) is 0 Å². The van der Waals surface area contributed by atoms with Crippen LogP contribution >= 0.6 is 0 Å². The first-order valence-corrected chi connectivity index (χ1v) is 2.00. The van der Waals surface area contributed by atoms with Gasteiger partial charge < -0.3 is 14.6 Å². The van der Waals surface area contributed by atoms with Crippen LogP contribution in [-0.4, -0.2) is 40.4 Å². The summed E-state index contributed by atoms with van der Waals surface area (Å²) in [6.45, 7) is 0. The smallest absolute Gasteiger partial charge is 0.759 e. The largest absolute Gasteiger partial charge is 3.00 e. The summed E-state index contributed by atoms with van der Waals surface area (Å²) in [7, 11) is -5.17. The fourth-order valence-corrected chi connectivity index (χ4v) is 0. The molecule has 0 fully saturated rings. The first-order valence-electron chi connectivity index (χ1n) is 0.667. The standard InChI is InChI=1S/Al.H2O4S.H2O.Zn/c;1-5(2,3)4;;/h;(H2,1,2,3,4);1H2;/q+3;;;+2/p-2. The van der Waals surface area contributed by atoms with Gasteiger partial charge in [-0.1, -0.05) is 0 Å². The molecule has 0 saturated carbocycles. The monoisotopic (exact) mass is 205 g/mol. The van der Waals surface area contributed by atoms with Gasteiger partial charge in [-0.2, -0.15) is 0 Å². The van der Waals surface area contributed by atoms with E-state index < -0.39 is 10.4 Å². The Morgan fingerprint density at radius 1 is 1.12 bits per heavy atom. The molecule has 0 saturated heterocycles. The van der Waals surface area contributed by atoms with Crippen molar-refractivity contribution in [3.8, 4) is 0 Å². The molecule has 0 bridgehead atoms. The summed E-state index contributed by atoms with van der Waals surface area (Å²) >= 11 is 0. The summed E-state index contributed by atoms with van der Waals surface area (Å²) in [6.07, 6.45) is 0. The van der Waals surface area contributed by atoms with E-state index in [9.17, 15) is 0 Å². The van der Waals surface area contributed by atoms with E-state index in [1.807, 2.05) is 0 Å². The average molecular weight is 206 g/mol. The molecule has 0 unspecified atom stereocenters. The predicted octanol–water partition coefficient (Wildman–Crippen LogP) is -2.55. The number of rotatable bonds is 0. The molecule has 0 rings (SSSR count). The Kier molecular flexibility index (Phi) is 23.0. The Morgan fingerprint density at radius 2 is 1.12 bits per heavy atom. The zero-order valence-electron chi connectivity index (χ0n) is 3.83. The number of hydrogen-bond donors (Lipinski definition) is 0. The summed E-state index contributed by atoms with van der Waals surface area (Å²) in [5, 5.41) is 0. The van der Waals surface area contributed by atoms with Crippen molar-refractivity contribution in [3.05, 3.63) is 0 Å². The second-order valence-electron chi connectivity index (χ2n) is 0.408. The van der Waals surface area contributed by atoms with Crippen LogP contribution in [0.25, 0.3) is 0 Å². The molecule has 0 aromatic heterocycles. The second kappa shape index (κ2) is 7.99. The minimum atomic E-state index is -5.17. The van der Waals surface area contributed by atoms with E-state index in [0.717, 1.165) is 0 Å². The van der Waals surface area contributed by atoms with Crippen molar-refractivity contribution in [2.24, 2.45) is 0 Å². The van der Waals surface area contributed by atoms with E-state index in [-0.39, 0.29) is 42.3 Å². The van der Waals surface area contributed by atoms with Crippen LogP contribution in [0, 0.1) is 0 Å². The molecule has 5 nitrogen and oxygen atoms in total. The Bertz CT molecular complexity index is 95.6. The van der Waals surface area contributed by atoms with Gasteiger partial charge in [-0.05, 0) is 0 Å². The molecule has 8 heteroatoms. The summed E-state index contributed by atoms with van der Waals surface area (Å²) < 4.78 is 34.1. The molecule has 0 atom stereocenters. The maximum Gasteiger partial charge on any atom is 3.00 e. The topological polar surface area (TPSA) is 112 Å². The molecule has 2 N–H and O–H groups in total. The van der Waals surface area contributed by atoms with Crippen LogP contribution in [0.4, 0.5) is 0 Å². The number of hydrogen-bond acceptors (Lipinski definition) is 4. The van der Waals surface area contributed by atoms with E-state index in [2.05, 4.69) is 0 Å². The molecule has 0 aromatic carbocycles. The maximum atomic E-state index is 8.52. The third kappa shape index (κ3) is 258. The molecule has 0 radical (unpaired) electrons. The van der Waals surface area contributed by atoms with Crippen molar-refractivity contribution in [2.75, 3.05) is 0 Å². The van der Waals surface area contributed by atoms with Gasteiger partial charge in [0.05, 0.1) is 0 Å². The first kappa shape index (κ1) is 23.1. The fourth-order valence-electron chi connectivity index (χ4n) is 0. The van der Waals surface area contributed by atoms with Crippen molar-refractivity contribution in [1.29, 1.82) is 0 Å². The third-order valence-electron chi connectivity index (χ3n) is 0. The summed E-state index contributed by atoms with van der Waals surface area (Å²) in [4.78, 5) is 0. The van der Waals surface area contributed by atoms with Gasteiger partial charge in [-0.25, -0.2) is 0 Å². The maximum absolute atomic E-state index is 8.52. The van der Waals surface area contributed by atoms with E-state index in [1.54, 1.807) is 0 Å². The van der Waals surface area contributed by atoms with Crippen LogP contribution in [0.5, 0.6) is 0 Å². The van der Waals surface area contributed by atoms with E-state index in [1.165, 1.54) is 0 Å². The van der Waals surface area contributed by atoms with Gasteiger partial charge in [0, 0.05) is 10.4 Å². The van der Waals surface area contributed by atoms with E-state index in [0.29, 0.717) is 0 Å². The van der Waals surface area contributed by atoms with Gasteiger partial charge in [0.25, 0.3) is 0 Å². The second-order valence-corrected chi connectivity index (χ2v) is 1.22. The summed E-state index contributed by atoms with van der Waals surface area (Å²) in [5.41, 5.74) is 0. The van der Waals surface area contributed by atoms with Gasteiger partial charge in [-0.15, -0.1) is 0 Å². The van der Waals surface area contributed by atoms with Gasteiger partial charge in [0.15, 0.2) is 0 Å². The van der Waals surface area contributed by atoms with Crippen LogP contribution in [0.1, 0.15) is 0 Å². The Labute approximate surface area is 70.2 Å². The minimum absolute atomic E-state index is 0. The summed E-state index contributed by atoms with van der Waals surface area (Å²) in [5.74, 6) is 0. The third-order valence-corrected chi connectivity index (χ3v) is 0. The Morgan fingerprint density at radius 3 is 1.12 bits per heavy atom. The molecule has 0 aromatic rings. The van der Waals surface area contributed by atoms with Gasteiger partial charge in [-0.3, -0.25) is 8.42 Å². The van der Waals surface area contributed by atoms with Crippen molar-refractivity contribution in [2.45, 2.75) is 0 Å². The van der Waals surface area contributed by atoms with Crippen LogP contribution in [0.15, 0.2) is 0 Å². The SMILES string of the molecule is O.O=S(=O)([O-])[O-].[Al+3].[Zn+2]. The molecule has 0 heterocycles. The normalized spacial score (nSPS) is 7.25. The summed E-state index contributed by atoms with van der Waals surface area (Å²) in [6, 6.07) is 0. The minimum Gasteiger partial charge on any atom is -0.759 e. The molecule has 8 heavy (non-hydrogen) atoms. The molecule has 0 amide bonds. The Balaban J connectivity index is -0.0000000267. The van der Waals surface area contributed by atoms with E-state index >= 15 is 0 Å². The average Bonchev–Trinajstić information content (AvgIpc) is 0.722. The predicted molar refractivity (Wildman–Crippen MR) is 19.8 cm³/mol. The van der Waals surface area contributed by atoms with Crippen LogP contribution < -0.4 is 0 Å². The molecule has 0 spiro atoms. The zero-order chi connectivity index (χ0) is 4.50. The molecular weight excluding hydrogens is 204 g/mol. The van der Waals surface area contributed by atoms with E-state index in [4.69, 9.17) is 17.5 Å². The first-order chi connectivity index (χ1) is 2.00. The molecule has 0 aliphatic heterocycles. The van der Waals surface area contributed by atoms with Crippen LogP contribution in [-0.2, 0) is 29.9 Å². The van der Waals surface area contributed by atoms with Crippen molar-refractivity contribution in [3.63, 3.8) is 0 Å². The van der Waals surface area contributed by atoms with Crippen molar-refractivity contribution < 1.29 is 42.5 Å². The van der Waals surface area contributed by atoms with Crippen molar-refractivity contribution in [1.82, 2.24) is 0 Å². The molecule has 0 aliphatic carbocycles.